The standard InChI is InChI=1S/C9H6N4OS2/c1-2-3-4-5-6(11-15-10-5)7-8(9(4)14)13-16-12-7/h2,14H,1,3H2. The number of fused-ring (bicyclic) bond motifs is 3. The van der Waals surface area contributed by atoms with Crippen molar-refractivity contribution in [2.24, 2.45) is 0 Å². The number of benzene rings is 1. The van der Waals surface area contributed by atoms with E-state index in [0.29, 0.717) is 28.5 Å². The van der Waals surface area contributed by atoms with E-state index in [0.717, 1.165) is 29.0 Å². The third kappa shape index (κ3) is 1.15. The monoisotopic (exact) mass is 250 g/mol. The Kier molecular flexibility index (Phi) is 2.08. The van der Waals surface area contributed by atoms with Gasteiger partial charge in [-0.05, 0) is 6.42 Å². The molecule has 0 aliphatic rings. The molecule has 1 N–H and O–H groups in total. The lowest BCUT2D eigenvalue weighted by atomic mass is 10.1. The van der Waals surface area contributed by atoms with E-state index >= 15 is 0 Å². The van der Waals surface area contributed by atoms with Crippen molar-refractivity contribution < 1.29 is 5.11 Å². The molecule has 0 saturated carbocycles. The van der Waals surface area contributed by atoms with Crippen LogP contribution in [0.3, 0.4) is 0 Å². The molecule has 2 heterocycles. The highest BCUT2D eigenvalue weighted by molar-refractivity contribution is 7.01. The van der Waals surface area contributed by atoms with E-state index in [1.54, 1.807) is 6.08 Å². The van der Waals surface area contributed by atoms with Gasteiger partial charge in [0.25, 0.3) is 0 Å². The van der Waals surface area contributed by atoms with Gasteiger partial charge >= 0.3 is 0 Å². The molecule has 0 fully saturated rings. The summed E-state index contributed by atoms with van der Waals surface area (Å²) in [5.74, 6) is 0.142. The molecule has 0 saturated heterocycles. The smallest absolute Gasteiger partial charge is 0.150 e. The lowest BCUT2D eigenvalue weighted by Crippen LogP contribution is -1.88. The molecule has 0 aliphatic heterocycles. The molecular formula is C9H6N4OS2. The van der Waals surface area contributed by atoms with Gasteiger partial charge in [0.2, 0.25) is 0 Å². The van der Waals surface area contributed by atoms with Gasteiger partial charge in [-0.15, -0.1) is 6.58 Å². The molecule has 0 amide bonds. The number of rotatable bonds is 2. The molecule has 0 radical (unpaired) electrons. The van der Waals surface area contributed by atoms with E-state index in [-0.39, 0.29) is 5.75 Å². The van der Waals surface area contributed by atoms with Crippen LogP contribution in [0.15, 0.2) is 12.7 Å². The molecule has 3 rings (SSSR count). The second-order valence-electron chi connectivity index (χ2n) is 3.24. The summed E-state index contributed by atoms with van der Waals surface area (Å²) in [4.78, 5) is 0. The van der Waals surface area contributed by atoms with Crippen molar-refractivity contribution in [1.29, 1.82) is 0 Å². The second-order valence-corrected chi connectivity index (χ2v) is 4.30. The average molecular weight is 250 g/mol. The lowest BCUT2D eigenvalue weighted by molar-refractivity contribution is 0.476. The SMILES string of the molecule is C=CCc1c(O)c2nsnc2c2nsnc12. The number of hydrogen-bond donors (Lipinski definition) is 1. The first-order valence-corrected chi connectivity index (χ1v) is 5.98. The minimum Gasteiger partial charge on any atom is -0.505 e. The van der Waals surface area contributed by atoms with Crippen molar-refractivity contribution in [2.45, 2.75) is 6.42 Å². The number of aromatic nitrogens is 4. The van der Waals surface area contributed by atoms with Crippen LogP contribution in [0.2, 0.25) is 0 Å². The van der Waals surface area contributed by atoms with Crippen LogP contribution in [0.25, 0.3) is 22.1 Å². The zero-order valence-corrected chi connectivity index (χ0v) is 9.68. The van der Waals surface area contributed by atoms with E-state index in [2.05, 4.69) is 24.1 Å². The van der Waals surface area contributed by atoms with E-state index in [1.807, 2.05) is 0 Å². The summed E-state index contributed by atoms with van der Waals surface area (Å²) in [5, 5.41) is 10.1. The van der Waals surface area contributed by atoms with Crippen molar-refractivity contribution in [1.82, 2.24) is 17.5 Å². The van der Waals surface area contributed by atoms with Crippen LogP contribution in [0, 0.1) is 0 Å². The van der Waals surface area contributed by atoms with Crippen LogP contribution in [0.5, 0.6) is 5.75 Å². The Balaban J connectivity index is 2.55. The molecule has 0 aliphatic carbocycles. The molecule has 0 atom stereocenters. The normalized spacial score (nSPS) is 11.2. The Bertz CT molecular complexity index is 687. The fraction of sp³-hybridized carbons (Fsp3) is 0.111. The zero-order valence-electron chi connectivity index (χ0n) is 8.04. The Morgan fingerprint density at radius 3 is 2.25 bits per heavy atom. The van der Waals surface area contributed by atoms with E-state index in [9.17, 15) is 5.11 Å². The van der Waals surface area contributed by atoms with Crippen LogP contribution in [-0.4, -0.2) is 22.6 Å². The predicted octanol–water partition coefficient (Wildman–Crippen LogP) is 2.13. The van der Waals surface area contributed by atoms with Crippen LogP contribution in [-0.2, 0) is 6.42 Å². The highest BCUT2D eigenvalue weighted by atomic mass is 32.1. The topological polar surface area (TPSA) is 71.8 Å². The fourth-order valence-electron chi connectivity index (χ4n) is 1.63. The van der Waals surface area contributed by atoms with Crippen LogP contribution in [0.1, 0.15) is 5.56 Å². The van der Waals surface area contributed by atoms with Crippen molar-refractivity contribution in [3.63, 3.8) is 0 Å². The van der Waals surface area contributed by atoms with Gasteiger partial charge in [-0.25, -0.2) is 0 Å². The van der Waals surface area contributed by atoms with E-state index < -0.39 is 0 Å². The van der Waals surface area contributed by atoms with E-state index in [4.69, 9.17) is 0 Å². The Morgan fingerprint density at radius 1 is 1.00 bits per heavy atom. The van der Waals surface area contributed by atoms with Crippen LogP contribution >= 0.6 is 23.5 Å². The quantitative estimate of drug-likeness (QED) is 0.705. The lowest BCUT2D eigenvalue weighted by Gasteiger charge is -2.02. The average Bonchev–Trinajstić information content (AvgIpc) is 2.90. The van der Waals surface area contributed by atoms with Gasteiger partial charge in [0.15, 0.2) is 0 Å². The van der Waals surface area contributed by atoms with Gasteiger partial charge in [-0.3, -0.25) is 0 Å². The number of hydrogen-bond acceptors (Lipinski definition) is 7. The summed E-state index contributed by atoms with van der Waals surface area (Å²) in [6.45, 7) is 3.67. The third-order valence-electron chi connectivity index (χ3n) is 2.35. The first-order valence-electron chi connectivity index (χ1n) is 4.52. The van der Waals surface area contributed by atoms with Crippen molar-refractivity contribution in [3.8, 4) is 5.75 Å². The van der Waals surface area contributed by atoms with E-state index in [1.165, 1.54) is 0 Å². The highest BCUT2D eigenvalue weighted by Gasteiger charge is 2.18. The summed E-state index contributed by atoms with van der Waals surface area (Å²) in [7, 11) is 0. The van der Waals surface area contributed by atoms with Crippen molar-refractivity contribution in [2.75, 3.05) is 0 Å². The summed E-state index contributed by atoms with van der Waals surface area (Å²) < 4.78 is 16.6. The summed E-state index contributed by atoms with van der Waals surface area (Å²) in [5.41, 5.74) is 3.26. The van der Waals surface area contributed by atoms with Crippen LogP contribution in [0.4, 0.5) is 0 Å². The van der Waals surface area contributed by atoms with Gasteiger partial charge in [0.05, 0.1) is 23.5 Å². The third-order valence-corrected chi connectivity index (χ3v) is 3.40. The number of aromatic hydroxyl groups is 1. The predicted molar refractivity (Wildman–Crippen MR) is 64.0 cm³/mol. The Hall–Kier alpha value is -1.60. The summed E-state index contributed by atoms with van der Waals surface area (Å²) in [6, 6.07) is 0. The molecule has 3 aromatic rings. The zero-order chi connectivity index (χ0) is 11.1. The number of nitrogens with zero attached hydrogens (tertiary/aromatic N) is 4. The highest BCUT2D eigenvalue weighted by Crippen LogP contribution is 2.35. The number of phenolic OH excluding ortho intramolecular Hbond substituents is 1. The largest absolute Gasteiger partial charge is 0.505 e. The maximum atomic E-state index is 10.1. The molecular weight excluding hydrogens is 244 g/mol. The summed E-state index contributed by atoms with van der Waals surface area (Å²) >= 11 is 2.17. The minimum atomic E-state index is 0.142. The number of phenols is 1. The first-order chi connectivity index (χ1) is 7.83. The molecule has 0 unspecified atom stereocenters. The first kappa shape index (κ1) is 9.61. The number of allylic oxidation sites excluding steroid dienone is 1. The van der Waals surface area contributed by atoms with Crippen molar-refractivity contribution >= 4 is 45.5 Å². The molecule has 80 valence electrons. The van der Waals surface area contributed by atoms with Gasteiger partial charge in [0.1, 0.15) is 27.8 Å². The molecule has 7 heteroatoms. The maximum Gasteiger partial charge on any atom is 0.150 e. The Labute approximate surface area is 98.7 Å². The van der Waals surface area contributed by atoms with Gasteiger partial charge in [0, 0.05) is 5.56 Å². The molecule has 5 nitrogen and oxygen atoms in total. The van der Waals surface area contributed by atoms with Gasteiger partial charge in [-0.2, -0.15) is 17.5 Å². The molecule has 16 heavy (non-hydrogen) atoms. The molecule has 2 aromatic heterocycles. The van der Waals surface area contributed by atoms with Gasteiger partial charge < -0.3 is 5.11 Å². The summed E-state index contributed by atoms with van der Waals surface area (Å²) in [6.07, 6.45) is 2.26. The maximum absolute atomic E-state index is 10.1. The Morgan fingerprint density at radius 2 is 1.56 bits per heavy atom. The molecule has 1 aromatic carbocycles. The molecule has 0 spiro atoms. The second kappa shape index (κ2) is 3.46. The van der Waals surface area contributed by atoms with Crippen molar-refractivity contribution in [3.05, 3.63) is 18.2 Å². The fourth-order valence-corrected chi connectivity index (χ4v) is 2.76. The minimum absolute atomic E-state index is 0.142. The van der Waals surface area contributed by atoms with Gasteiger partial charge in [-0.1, -0.05) is 6.08 Å². The van der Waals surface area contributed by atoms with Crippen LogP contribution < -0.4 is 0 Å². The molecule has 0 bridgehead atoms.